The van der Waals surface area contributed by atoms with Gasteiger partial charge in [0.25, 0.3) is 5.56 Å². The lowest BCUT2D eigenvalue weighted by Crippen LogP contribution is -2.38. The summed E-state index contributed by atoms with van der Waals surface area (Å²) in [6.07, 6.45) is 0. The number of aromatic nitrogens is 2. The van der Waals surface area contributed by atoms with E-state index in [0.29, 0.717) is 22.3 Å². The zero-order chi connectivity index (χ0) is 27.1. The van der Waals surface area contributed by atoms with Gasteiger partial charge in [-0.15, -0.1) is 0 Å². The molecule has 40 heavy (non-hydrogen) atoms. The van der Waals surface area contributed by atoms with Crippen molar-refractivity contribution in [1.82, 2.24) is 9.13 Å². The van der Waals surface area contributed by atoms with Crippen LogP contribution in [-0.2, 0) is 0 Å². The van der Waals surface area contributed by atoms with E-state index in [1.165, 1.54) is 4.57 Å². The van der Waals surface area contributed by atoms with Crippen molar-refractivity contribution >= 4 is 21.7 Å². The van der Waals surface area contributed by atoms with E-state index in [2.05, 4.69) is 0 Å². The fourth-order valence-electron chi connectivity index (χ4n) is 5.38. The number of hydrogen-bond donors (Lipinski definition) is 0. The SMILES string of the molecule is O=c1c2cc3ccccc3cc2n(-c2cccc(-c3ccccc3)c2)c(=O)n1-c1cccc(-c2ccccc2)c1. The normalized spacial score (nSPS) is 11.2. The molecular weight excluding hydrogens is 492 g/mol. The molecule has 0 amide bonds. The summed E-state index contributed by atoms with van der Waals surface area (Å²) in [6, 6.07) is 47.2. The molecule has 0 atom stereocenters. The molecule has 0 saturated carbocycles. The number of nitrogens with zero attached hydrogens (tertiary/aromatic N) is 2. The predicted molar refractivity (Wildman–Crippen MR) is 164 cm³/mol. The van der Waals surface area contributed by atoms with Crippen molar-refractivity contribution in [2.75, 3.05) is 0 Å². The Bertz CT molecular complexity index is 2140. The van der Waals surface area contributed by atoms with Crippen molar-refractivity contribution in [3.05, 3.63) is 166 Å². The van der Waals surface area contributed by atoms with Crippen molar-refractivity contribution in [3.8, 4) is 33.6 Å². The molecule has 1 aromatic heterocycles. The number of rotatable bonds is 4. The van der Waals surface area contributed by atoms with E-state index >= 15 is 0 Å². The summed E-state index contributed by atoms with van der Waals surface area (Å²) in [5.41, 5.74) is 5.03. The molecule has 0 N–H and O–H groups in total. The molecule has 0 spiro atoms. The third-order valence-corrected chi connectivity index (χ3v) is 7.34. The van der Waals surface area contributed by atoms with Crippen LogP contribution < -0.4 is 11.2 Å². The molecule has 6 aromatic carbocycles. The maximum atomic E-state index is 14.4. The van der Waals surface area contributed by atoms with E-state index in [1.807, 2.05) is 146 Å². The second kappa shape index (κ2) is 9.68. The minimum atomic E-state index is -0.414. The topological polar surface area (TPSA) is 44.0 Å². The number of fused-ring (bicyclic) bond motifs is 2. The van der Waals surface area contributed by atoms with E-state index in [0.717, 1.165) is 33.0 Å². The molecule has 0 unspecified atom stereocenters. The molecule has 190 valence electrons. The van der Waals surface area contributed by atoms with Crippen LogP contribution in [0.4, 0.5) is 0 Å². The average molecular weight is 517 g/mol. The highest BCUT2D eigenvalue weighted by molar-refractivity contribution is 5.97. The minimum Gasteiger partial charge on any atom is -0.268 e. The quantitative estimate of drug-likeness (QED) is 0.226. The Hall–Kier alpha value is -5.48. The smallest absolute Gasteiger partial charge is 0.268 e. The summed E-state index contributed by atoms with van der Waals surface area (Å²) >= 11 is 0. The second-order valence-corrected chi connectivity index (χ2v) is 9.81. The van der Waals surface area contributed by atoms with E-state index in [9.17, 15) is 9.59 Å². The van der Waals surface area contributed by atoms with Crippen LogP contribution >= 0.6 is 0 Å². The first-order chi connectivity index (χ1) is 19.7. The maximum Gasteiger partial charge on any atom is 0.340 e. The Morgan fingerprint density at radius 2 is 0.875 bits per heavy atom. The first-order valence-corrected chi connectivity index (χ1v) is 13.2. The van der Waals surface area contributed by atoms with Gasteiger partial charge in [0, 0.05) is 0 Å². The molecule has 0 bridgehead atoms. The van der Waals surface area contributed by atoms with Gasteiger partial charge in [-0.3, -0.25) is 9.36 Å². The lowest BCUT2D eigenvalue weighted by atomic mass is 10.0. The molecule has 0 saturated heterocycles. The highest BCUT2D eigenvalue weighted by atomic mass is 16.2. The van der Waals surface area contributed by atoms with Gasteiger partial charge in [-0.2, -0.15) is 0 Å². The van der Waals surface area contributed by atoms with Crippen molar-refractivity contribution in [2.45, 2.75) is 0 Å². The highest BCUT2D eigenvalue weighted by Gasteiger charge is 2.18. The van der Waals surface area contributed by atoms with Crippen molar-refractivity contribution in [3.63, 3.8) is 0 Å². The highest BCUT2D eigenvalue weighted by Crippen LogP contribution is 2.26. The Labute approximate surface area is 230 Å². The van der Waals surface area contributed by atoms with E-state index < -0.39 is 5.69 Å². The first-order valence-electron chi connectivity index (χ1n) is 13.2. The molecule has 7 rings (SSSR count). The molecule has 1 heterocycles. The van der Waals surface area contributed by atoms with Crippen LogP contribution in [0.1, 0.15) is 0 Å². The Morgan fingerprint density at radius 1 is 0.400 bits per heavy atom. The third-order valence-electron chi connectivity index (χ3n) is 7.34. The lowest BCUT2D eigenvalue weighted by Gasteiger charge is -2.16. The molecular formula is C36H24N2O2. The molecule has 0 aliphatic rings. The largest absolute Gasteiger partial charge is 0.340 e. The van der Waals surface area contributed by atoms with Crippen molar-refractivity contribution < 1.29 is 0 Å². The summed E-state index contributed by atoms with van der Waals surface area (Å²) in [5.74, 6) is 0. The Kier molecular flexibility index (Phi) is 5.72. The van der Waals surface area contributed by atoms with Gasteiger partial charge in [0.15, 0.2) is 0 Å². The van der Waals surface area contributed by atoms with Crippen LogP contribution in [0.5, 0.6) is 0 Å². The van der Waals surface area contributed by atoms with Crippen molar-refractivity contribution in [2.24, 2.45) is 0 Å². The van der Waals surface area contributed by atoms with Crippen molar-refractivity contribution in [1.29, 1.82) is 0 Å². The van der Waals surface area contributed by atoms with Crippen LogP contribution in [0.25, 0.3) is 55.3 Å². The van der Waals surface area contributed by atoms with E-state index in [4.69, 9.17) is 0 Å². The van der Waals surface area contributed by atoms with Gasteiger partial charge in [-0.25, -0.2) is 9.36 Å². The van der Waals surface area contributed by atoms with E-state index in [1.54, 1.807) is 4.57 Å². The van der Waals surface area contributed by atoms with Gasteiger partial charge in [-0.05, 0) is 69.4 Å². The minimum absolute atomic E-state index is 0.341. The maximum absolute atomic E-state index is 14.4. The van der Waals surface area contributed by atoms with Gasteiger partial charge in [0.1, 0.15) is 0 Å². The van der Waals surface area contributed by atoms with Crippen LogP contribution in [0.2, 0.25) is 0 Å². The zero-order valence-electron chi connectivity index (χ0n) is 21.6. The second-order valence-electron chi connectivity index (χ2n) is 9.81. The number of benzene rings is 6. The van der Waals surface area contributed by atoms with Crippen LogP contribution in [0.15, 0.2) is 155 Å². The molecule has 7 aromatic rings. The molecule has 0 fully saturated rings. The molecule has 0 aliphatic heterocycles. The van der Waals surface area contributed by atoms with Gasteiger partial charge < -0.3 is 0 Å². The monoisotopic (exact) mass is 516 g/mol. The fraction of sp³-hybridized carbons (Fsp3) is 0. The molecule has 4 heteroatoms. The predicted octanol–water partition coefficient (Wildman–Crippen LogP) is 7.63. The first kappa shape index (κ1) is 23.6. The molecule has 4 nitrogen and oxygen atoms in total. The van der Waals surface area contributed by atoms with Crippen LogP contribution in [0.3, 0.4) is 0 Å². The summed E-state index contributed by atoms with van der Waals surface area (Å²) in [6.45, 7) is 0. The number of hydrogen-bond acceptors (Lipinski definition) is 2. The lowest BCUT2D eigenvalue weighted by molar-refractivity contribution is 0.835. The summed E-state index contributed by atoms with van der Waals surface area (Å²) < 4.78 is 2.95. The van der Waals surface area contributed by atoms with Crippen LogP contribution in [0, 0.1) is 0 Å². The standard InChI is InChI=1S/C36H24N2O2/c39-35-33-23-29-15-7-8-16-30(29)24-34(33)37(31-19-9-17-27(21-31)25-11-3-1-4-12-25)36(40)38(35)32-20-10-18-28(22-32)26-13-5-2-6-14-26/h1-24H. The molecule has 0 radical (unpaired) electrons. The molecule has 0 aliphatic carbocycles. The third kappa shape index (κ3) is 4.03. The Morgan fingerprint density at radius 3 is 1.45 bits per heavy atom. The van der Waals surface area contributed by atoms with Gasteiger partial charge >= 0.3 is 5.69 Å². The van der Waals surface area contributed by atoms with Gasteiger partial charge in [0.2, 0.25) is 0 Å². The summed E-state index contributed by atoms with van der Waals surface area (Å²) in [5, 5.41) is 2.39. The van der Waals surface area contributed by atoms with Crippen LogP contribution in [-0.4, -0.2) is 9.13 Å². The average Bonchev–Trinajstić information content (AvgIpc) is 3.02. The fourth-order valence-corrected chi connectivity index (χ4v) is 5.38. The summed E-state index contributed by atoms with van der Waals surface area (Å²) in [4.78, 5) is 28.4. The van der Waals surface area contributed by atoms with Gasteiger partial charge in [0.05, 0.1) is 22.3 Å². The van der Waals surface area contributed by atoms with Gasteiger partial charge in [-0.1, -0.05) is 109 Å². The van der Waals surface area contributed by atoms with E-state index in [-0.39, 0.29) is 5.56 Å². The zero-order valence-corrected chi connectivity index (χ0v) is 21.6. The Balaban J connectivity index is 1.55. The summed E-state index contributed by atoms with van der Waals surface area (Å²) in [7, 11) is 0.